The number of amidine groups is 1. The molecule has 0 spiro atoms. The van der Waals surface area contributed by atoms with Crippen molar-refractivity contribution in [2.45, 2.75) is 25.9 Å². The van der Waals surface area contributed by atoms with Gasteiger partial charge in [-0.05, 0) is 42.5 Å². The molecule has 0 aliphatic heterocycles. The van der Waals surface area contributed by atoms with Gasteiger partial charge in [0.15, 0.2) is 5.84 Å². The Labute approximate surface area is 145 Å². The van der Waals surface area contributed by atoms with Gasteiger partial charge in [-0.25, -0.2) is 9.98 Å². The Morgan fingerprint density at radius 2 is 1.84 bits per heavy atom. The van der Waals surface area contributed by atoms with Gasteiger partial charge in [0, 0.05) is 11.3 Å². The van der Waals surface area contributed by atoms with Crippen LogP contribution < -0.4 is 5.32 Å². The van der Waals surface area contributed by atoms with E-state index in [4.69, 9.17) is 0 Å². The maximum absolute atomic E-state index is 12.7. The minimum absolute atomic E-state index is 0.0988. The Morgan fingerprint density at radius 3 is 2.48 bits per heavy atom. The Balaban J connectivity index is 2.12. The average Bonchev–Trinajstić information content (AvgIpc) is 2.58. The number of nitrogens with zero attached hydrogens (tertiary/aromatic N) is 2. The van der Waals surface area contributed by atoms with Crippen LogP contribution in [0.2, 0.25) is 0 Å². The molecule has 2 aromatic carbocycles. The molecule has 0 amide bonds. The molecule has 2 rings (SSSR count). The molecule has 25 heavy (non-hydrogen) atoms. The highest BCUT2D eigenvalue weighted by Crippen LogP contribution is 2.30. The fourth-order valence-corrected chi connectivity index (χ4v) is 2.28. The van der Waals surface area contributed by atoms with Crippen LogP contribution in [0.15, 0.2) is 58.5 Å². The highest BCUT2D eigenvalue weighted by Gasteiger charge is 2.30. The largest absolute Gasteiger partial charge is 0.416 e. The molecule has 3 nitrogen and oxygen atoms in total. The molecule has 0 atom stereocenters. The molecule has 0 saturated carbocycles. The van der Waals surface area contributed by atoms with Gasteiger partial charge >= 0.3 is 6.18 Å². The maximum atomic E-state index is 12.7. The lowest BCUT2D eigenvalue weighted by Crippen LogP contribution is -2.08. The monoisotopic (exact) mass is 347 g/mol. The van der Waals surface area contributed by atoms with Crippen LogP contribution in [0.4, 0.5) is 18.9 Å². The molecule has 1 N–H and O–H groups in total. The lowest BCUT2D eigenvalue weighted by molar-refractivity contribution is -0.137. The summed E-state index contributed by atoms with van der Waals surface area (Å²) in [5.74, 6) is 0.816. The smallest absolute Gasteiger partial charge is 0.366 e. The van der Waals surface area contributed by atoms with Gasteiger partial charge in [-0.15, -0.1) is 0 Å². The van der Waals surface area contributed by atoms with E-state index >= 15 is 0 Å². The number of aliphatic imine (C=N–C) groups is 2. The number of nitrogens with one attached hydrogen (secondary N) is 1. The van der Waals surface area contributed by atoms with Crippen LogP contribution in [0.5, 0.6) is 0 Å². The number of halogens is 3. The molecular formula is C19H20F3N3. The molecule has 2 aromatic rings. The molecular weight excluding hydrogens is 327 g/mol. The second-order valence-electron chi connectivity index (χ2n) is 5.83. The van der Waals surface area contributed by atoms with E-state index in [9.17, 15) is 13.2 Å². The van der Waals surface area contributed by atoms with Crippen molar-refractivity contribution in [1.82, 2.24) is 0 Å². The number of alkyl halides is 3. The molecule has 0 aromatic heterocycles. The van der Waals surface area contributed by atoms with Crippen LogP contribution >= 0.6 is 0 Å². The zero-order valence-electron chi connectivity index (χ0n) is 14.1. The van der Waals surface area contributed by atoms with Crippen LogP contribution in [-0.4, -0.2) is 19.2 Å². The zero-order chi connectivity index (χ0) is 18.4. The summed E-state index contributed by atoms with van der Waals surface area (Å²) in [6, 6.07) is 12.8. The van der Waals surface area contributed by atoms with Gasteiger partial charge in [0.25, 0.3) is 0 Å². The Hall–Kier alpha value is -2.63. The standard InChI is InChI=1S/C19H20F3N3/c1-13(2)14-6-4-7-15(10-14)18(23-3)25-12-24-17-9-5-8-16(11-17)19(20,21)22/h4-11,13,24H,3,12H2,1-2H3/b25-18-. The minimum Gasteiger partial charge on any atom is -0.366 e. The normalized spacial score (nSPS) is 12.3. The van der Waals surface area contributed by atoms with Gasteiger partial charge in [0.2, 0.25) is 0 Å². The van der Waals surface area contributed by atoms with E-state index < -0.39 is 11.7 Å². The Kier molecular flexibility index (Phi) is 5.96. The SMILES string of the molecule is C=N/C(=N\CNc1cccc(C(F)(F)F)c1)c1cccc(C(C)C)c1. The third kappa shape index (κ3) is 5.17. The molecule has 0 aliphatic rings. The Bertz CT molecular complexity index is 765. The number of benzene rings is 2. The predicted octanol–water partition coefficient (Wildman–Crippen LogP) is 5.35. The first-order valence-electron chi connectivity index (χ1n) is 7.84. The number of hydrogen-bond acceptors (Lipinski definition) is 2. The topological polar surface area (TPSA) is 36.8 Å². The number of hydrogen-bond donors (Lipinski definition) is 1. The second kappa shape index (κ2) is 7.96. The molecule has 0 aliphatic carbocycles. The summed E-state index contributed by atoms with van der Waals surface area (Å²) in [7, 11) is 0. The molecule has 0 radical (unpaired) electrons. The summed E-state index contributed by atoms with van der Waals surface area (Å²) in [5, 5.41) is 2.85. The summed E-state index contributed by atoms with van der Waals surface area (Å²) in [4.78, 5) is 8.22. The van der Waals surface area contributed by atoms with Gasteiger partial charge in [0.1, 0.15) is 6.67 Å². The van der Waals surface area contributed by atoms with E-state index in [1.165, 1.54) is 6.07 Å². The molecule has 0 bridgehead atoms. The summed E-state index contributed by atoms with van der Waals surface area (Å²) in [6.45, 7) is 7.80. The van der Waals surface area contributed by atoms with E-state index in [-0.39, 0.29) is 6.67 Å². The first-order chi connectivity index (χ1) is 11.8. The minimum atomic E-state index is -4.37. The third-order valence-electron chi connectivity index (χ3n) is 3.66. The van der Waals surface area contributed by atoms with Gasteiger partial charge in [0.05, 0.1) is 5.56 Å². The van der Waals surface area contributed by atoms with Crippen molar-refractivity contribution in [2.75, 3.05) is 12.0 Å². The quantitative estimate of drug-likeness (QED) is 0.575. The fourth-order valence-electron chi connectivity index (χ4n) is 2.28. The van der Waals surface area contributed by atoms with Crippen molar-refractivity contribution in [3.8, 4) is 0 Å². The zero-order valence-corrected chi connectivity index (χ0v) is 14.1. The molecule has 0 unspecified atom stereocenters. The van der Waals surface area contributed by atoms with Gasteiger partial charge in [-0.2, -0.15) is 13.2 Å². The summed E-state index contributed by atoms with van der Waals surface area (Å²) >= 11 is 0. The number of rotatable bonds is 5. The Morgan fingerprint density at radius 1 is 1.12 bits per heavy atom. The lowest BCUT2D eigenvalue weighted by atomic mass is 10.0. The lowest BCUT2D eigenvalue weighted by Gasteiger charge is -2.10. The van der Waals surface area contributed by atoms with Gasteiger partial charge < -0.3 is 5.32 Å². The average molecular weight is 347 g/mol. The van der Waals surface area contributed by atoms with Crippen LogP contribution in [0, 0.1) is 0 Å². The third-order valence-corrected chi connectivity index (χ3v) is 3.66. The van der Waals surface area contributed by atoms with Crippen molar-refractivity contribution in [3.63, 3.8) is 0 Å². The van der Waals surface area contributed by atoms with Gasteiger partial charge in [-0.3, -0.25) is 0 Å². The first-order valence-corrected chi connectivity index (χ1v) is 7.84. The molecule has 0 heterocycles. The summed E-state index contributed by atoms with van der Waals surface area (Å²) < 4.78 is 38.2. The first kappa shape index (κ1) is 18.7. The predicted molar refractivity (Wildman–Crippen MR) is 96.6 cm³/mol. The van der Waals surface area contributed by atoms with Crippen molar-refractivity contribution in [1.29, 1.82) is 0 Å². The van der Waals surface area contributed by atoms with Crippen molar-refractivity contribution in [2.24, 2.45) is 9.98 Å². The van der Waals surface area contributed by atoms with E-state index in [1.807, 2.05) is 24.3 Å². The molecule has 6 heteroatoms. The second-order valence-corrected chi connectivity index (χ2v) is 5.83. The summed E-state index contributed by atoms with van der Waals surface area (Å²) in [5.41, 5.74) is 1.62. The van der Waals surface area contributed by atoms with Crippen LogP contribution in [0.3, 0.4) is 0 Å². The highest BCUT2D eigenvalue weighted by atomic mass is 19.4. The fraction of sp³-hybridized carbons (Fsp3) is 0.263. The van der Waals surface area contributed by atoms with Crippen LogP contribution in [0.25, 0.3) is 0 Å². The van der Waals surface area contributed by atoms with Gasteiger partial charge in [-0.1, -0.05) is 38.1 Å². The van der Waals surface area contributed by atoms with E-state index in [1.54, 1.807) is 6.07 Å². The number of anilines is 1. The molecule has 132 valence electrons. The van der Waals surface area contributed by atoms with Crippen molar-refractivity contribution < 1.29 is 13.2 Å². The van der Waals surface area contributed by atoms with E-state index in [2.05, 4.69) is 35.9 Å². The summed E-state index contributed by atoms with van der Waals surface area (Å²) in [6.07, 6.45) is -4.37. The molecule has 0 fully saturated rings. The maximum Gasteiger partial charge on any atom is 0.416 e. The van der Waals surface area contributed by atoms with Crippen LogP contribution in [-0.2, 0) is 6.18 Å². The van der Waals surface area contributed by atoms with Crippen LogP contribution in [0.1, 0.15) is 36.5 Å². The molecule has 0 saturated heterocycles. The van der Waals surface area contributed by atoms with E-state index in [0.717, 1.165) is 23.3 Å². The van der Waals surface area contributed by atoms with Crippen molar-refractivity contribution >= 4 is 18.2 Å². The van der Waals surface area contributed by atoms with E-state index in [0.29, 0.717) is 17.4 Å². The highest BCUT2D eigenvalue weighted by molar-refractivity contribution is 6.01. The van der Waals surface area contributed by atoms with Crippen molar-refractivity contribution in [3.05, 3.63) is 65.2 Å².